The number of ether oxygens (including phenoxy) is 1. The van der Waals surface area contributed by atoms with E-state index in [-0.39, 0.29) is 29.9 Å². The number of carbonyl (C=O) groups excluding carboxylic acids is 2. The van der Waals surface area contributed by atoms with Crippen molar-refractivity contribution in [1.82, 2.24) is 4.90 Å². The third-order valence-corrected chi connectivity index (χ3v) is 6.39. The van der Waals surface area contributed by atoms with Crippen LogP contribution in [-0.2, 0) is 17.6 Å². The maximum Gasteiger partial charge on any atom is 0.337 e. The summed E-state index contributed by atoms with van der Waals surface area (Å²) in [5.41, 5.74) is 9.45. The lowest BCUT2D eigenvalue weighted by molar-refractivity contribution is 0.0600. The molecule has 3 aromatic rings. The highest BCUT2D eigenvalue weighted by Gasteiger charge is 2.13. The molecule has 37 heavy (non-hydrogen) atoms. The zero-order valence-electron chi connectivity index (χ0n) is 21.1. The van der Waals surface area contributed by atoms with E-state index in [9.17, 15) is 9.59 Å². The predicted molar refractivity (Wildman–Crippen MR) is 161 cm³/mol. The van der Waals surface area contributed by atoms with E-state index in [2.05, 4.69) is 17.0 Å². The molecule has 0 aliphatic carbocycles. The highest BCUT2D eigenvalue weighted by Crippen LogP contribution is 2.15. The van der Waals surface area contributed by atoms with Gasteiger partial charge < -0.3 is 15.4 Å². The van der Waals surface area contributed by atoms with Gasteiger partial charge in [-0.05, 0) is 86.3 Å². The molecule has 0 spiro atoms. The van der Waals surface area contributed by atoms with E-state index in [0.717, 1.165) is 56.0 Å². The molecule has 3 aromatic carbocycles. The second-order valence-electron chi connectivity index (χ2n) is 8.69. The van der Waals surface area contributed by atoms with Crippen molar-refractivity contribution in [3.63, 3.8) is 0 Å². The van der Waals surface area contributed by atoms with Crippen LogP contribution in [0.3, 0.4) is 0 Å². The number of anilines is 1. The minimum absolute atomic E-state index is 0. The summed E-state index contributed by atoms with van der Waals surface area (Å²) < 4.78 is 4.77. The Labute approximate surface area is 241 Å². The number of methoxy groups -OCH3 is 1. The maximum atomic E-state index is 12.0. The third kappa shape index (κ3) is 10.3. The second kappa shape index (κ2) is 16.3. The van der Waals surface area contributed by atoms with Crippen LogP contribution in [0.15, 0.2) is 78.9 Å². The maximum absolute atomic E-state index is 12.0. The van der Waals surface area contributed by atoms with Crippen LogP contribution < -0.4 is 10.6 Å². The minimum Gasteiger partial charge on any atom is -0.465 e. The number of aryl methyl sites for hydroxylation is 1. The molecule has 0 heterocycles. The summed E-state index contributed by atoms with van der Waals surface area (Å²) in [6.07, 6.45) is 3.63. The number of halogens is 2. The van der Waals surface area contributed by atoms with E-state index in [1.807, 2.05) is 66.7 Å². The quantitative estimate of drug-likeness (QED) is 0.179. The molecule has 3 rings (SSSR count). The molecule has 0 aliphatic heterocycles. The number of primary amides is 1. The first-order chi connectivity index (χ1) is 17.5. The summed E-state index contributed by atoms with van der Waals surface area (Å²) in [4.78, 5) is 27.7. The standard InChI is InChI=1S/C29H34ClN3O3.HI/c1-36-28(34)25-14-10-23(11-15-25)7-5-19-32(22-18-24-12-16-26(30)17-13-24)20-6-21-33(29(31)35)27-8-3-2-4-9-27;/h2-4,8-17H,5-7,18-22H2,1H3,(H2,31,35);1H. The Bertz CT molecular complexity index is 1100. The van der Waals surface area contributed by atoms with Crippen LogP contribution in [-0.4, -0.2) is 50.2 Å². The molecule has 0 fully saturated rings. The Balaban J connectivity index is 0.00000481. The van der Waals surface area contributed by atoms with Crippen LogP contribution >= 0.6 is 35.6 Å². The molecule has 198 valence electrons. The van der Waals surface area contributed by atoms with Gasteiger partial charge in [-0.3, -0.25) is 4.90 Å². The number of nitrogens with two attached hydrogens (primary N) is 1. The molecule has 0 aliphatic rings. The van der Waals surface area contributed by atoms with E-state index in [0.29, 0.717) is 12.1 Å². The van der Waals surface area contributed by atoms with Crippen LogP contribution in [0.5, 0.6) is 0 Å². The van der Waals surface area contributed by atoms with Gasteiger partial charge in [0.15, 0.2) is 0 Å². The first-order valence-corrected chi connectivity index (χ1v) is 12.6. The fraction of sp³-hybridized carbons (Fsp3) is 0.310. The zero-order valence-corrected chi connectivity index (χ0v) is 24.2. The number of urea groups is 1. The SMILES string of the molecule is COC(=O)c1ccc(CCCN(CCCN(C(N)=O)c2ccccc2)CCc2ccc(Cl)cc2)cc1.I. The summed E-state index contributed by atoms with van der Waals surface area (Å²) >= 11 is 6.03. The van der Waals surface area contributed by atoms with Crippen molar-refractivity contribution in [1.29, 1.82) is 0 Å². The number of para-hydroxylation sites is 1. The van der Waals surface area contributed by atoms with E-state index >= 15 is 0 Å². The van der Waals surface area contributed by atoms with E-state index in [1.54, 1.807) is 4.90 Å². The van der Waals surface area contributed by atoms with Crippen molar-refractivity contribution >= 4 is 53.3 Å². The largest absolute Gasteiger partial charge is 0.465 e. The minimum atomic E-state index is -0.440. The van der Waals surface area contributed by atoms with Crippen LogP contribution in [0, 0.1) is 0 Å². The number of rotatable bonds is 13. The Kier molecular flexibility index (Phi) is 13.5. The van der Waals surface area contributed by atoms with Gasteiger partial charge in [-0.2, -0.15) is 0 Å². The van der Waals surface area contributed by atoms with E-state index in [4.69, 9.17) is 22.1 Å². The summed E-state index contributed by atoms with van der Waals surface area (Å²) in [7, 11) is 1.39. The second-order valence-corrected chi connectivity index (χ2v) is 9.13. The number of benzene rings is 3. The van der Waals surface area contributed by atoms with Crippen molar-refractivity contribution in [3.05, 3.63) is 101 Å². The highest BCUT2D eigenvalue weighted by molar-refractivity contribution is 14.0. The van der Waals surface area contributed by atoms with Gasteiger partial charge in [-0.25, -0.2) is 9.59 Å². The van der Waals surface area contributed by atoms with Gasteiger partial charge in [0.1, 0.15) is 0 Å². The molecule has 0 aromatic heterocycles. The lowest BCUT2D eigenvalue weighted by Gasteiger charge is -2.25. The van der Waals surface area contributed by atoms with E-state index < -0.39 is 6.03 Å². The molecule has 2 amide bonds. The molecule has 0 saturated carbocycles. The fourth-order valence-electron chi connectivity index (χ4n) is 4.13. The molecule has 0 unspecified atom stereocenters. The van der Waals surface area contributed by atoms with Crippen LogP contribution in [0.25, 0.3) is 0 Å². The molecule has 0 saturated heterocycles. The van der Waals surface area contributed by atoms with Gasteiger partial charge in [0.05, 0.1) is 12.7 Å². The first-order valence-electron chi connectivity index (χ1n) is 12.2. The number of nitrogens with zero attached hydrogens (tertiary/aromatic N) is 2. The Morgan fingerprint density at radius 2 is 1.38 bits per heavy atom. The van der Waals surface area contributed by atoms with Crippen molar-refractivity contribution in [2.24, 2.45) is 5.73 Å². The van der Waals surface area contributed by atoms with Crippen molar-refractivity contribution in [2.45, 2.75) is 25.7 Å². The molecular weight excluding hydrogens is 601 g/mol. The average molecular weight is 636 g/mol. The van der Waals surface area contributed by atoms with Crippen LogP contribution in [0.1, 0.15) is 34.3 Å². The van der Waals surface area contributed by atoms with Gasteiger partial charge in [-0.15, -0.1) is 24.0 Å². The summed E-state index contributed by atoms with van der Waals surface area (Å²) in [5.74, 6) is -0.324. The van der Waals surface area contributed by atoms with Gasteiger partial charge in [0.2, 0.25) is 0 Å². The van der Waals surface area contributed by atoms with Gasteiger partial charge in [-0.1, -0.05) is 54.1 Å². The molecule has 6 nitrogen and oxygen atoms in total. The Morgan fingerprint density at radius 1 is 0.784 bits per heavy atom. The highest BCUT2D eigenvalue weighted by atomic mass is 127. The smallest absolute Gasteiger partial charge is 0.337 e. The summed E-state index contributed by atoms with van der Waals surface area (Å²) in [6, 6.07) is 24.6. The van der Waals surface area contributed by atoms with Gasteiger partial charge in [0.25, 0.3) is 0 Å². The van der Waals surface area contributed by atoms with Gasteiger partial charge >= 0.3 is 12.0 Å². The average Bonchev–Trinajstić information content (AvgIpc) is 2.90. The van der Waals surface area contributed by atoms with E-state index in [1.165, 1.54) is 18.2 Å². The molecule has 8 heteroatoms. The first kappa shape index (κ1) is 30.6. The number of carbonyl (C=O) groups is 2. The fourth-order valence-corrected chi connectivity index (χ4v) is 4.26. The van der Waals surface area contributed by atoms with Crippen molar-refractivity contribution < 1.29 is 14.3 Å². The van der Waals surface area contributed by atoms with Crippen LogP contribution in [0.4, 0.5) is 10.5 Å². The van der Waals surface area contributed by atoms with Crippen LogP contribution in [0.2, 0.25) is 5.02 Å². The van der Waals surface area contributed by atoms with Crippen molar-refractivity contribution in [3.8, 4) is 0 Å². The third-order valence-electron chi connectivity index (χ3n) is 6.13. The summed E-state index contributed by atoms with van der Waals surface area (Å²) in [5, 5.41) is 0.737. The van der Waals surface area contributed by atoms with Crippen molar-refractivity contribution in [2.75, 3.05) is 38.2 Å². The molecule has 0 bridgehead atoms. The number of esters is 1. The number of amides is 2. The molecule has 0 radical (unpaired) electrons. The molecular formula is C29H35ClIN3O3. The number of hydrogen-bond acceptors (Lipinski definition) is 4. The lowest BCUT2D eigenvalue weighted by atomic mass is 10.1. The monoisotopic (exact) mass is 635 g/mol. The summed E-state index contributed by atoms with van der Waals surface area (Å²) in [6.45, 7) is 3.25. The number of hydrogen-bond donors (Lipinski definition) is 1. The normalized spacial score (nSPS) is 10.6. The molecule has 2 N–H and O–H groups in total. The zero-order chi connectivity index (χ0) is 25.8. The lowest BCUT2D eigenvalue weighted by Crippen LogP contribution is -2.38. The topological polar surface area (TPSA) is 75.9 Å². The Hall–Kier alpha value is -2.62. The molecule has 0 atom stereocenters. The predicted octanol–water partition coefficient (Wildman–Crippen LogP) is 6.20. The van der Waals surface area contributed by atoms with Gasteiger partial charge in [0, 0.05) is 23.8 Å². The Morgan fingerprint density at radius 3 is 2.00 bits per heavy atom.